The maximum Gasteiger partial charge on any atom is 0.292 e. The number of nitrogen functional groups attached to an aromatic ring is 1. The second kappa shape index (κ2) is 5.52. The quantitative estimate of drug-likeness (QED) is 0.495. The first kappa shape index (κ1) is 14.1. The fourth-order valence-electron chi connectivity index (χ4n) is 3.71. The minimum absolute atomic E-state index is 0.00944. The highest BCUT2D eigenvalue weighted by Crippen LogP contribution is 2.38. The fraction of sp³-hybridized carbons (Fsp3) is 0.600. The van der Waals surface area contributed by atoms with Gasteiger partial charge in [0.2, 0.25) is 0 Å². The van der Waals surface area contributed by atoms with Crippen LogP contribution in [0.3, 0.4) is 0 Å². The summed E-state index contributed by atoms with van der Waals surface area (Å²) in [6.07, 6.45) is 4.92. The van der Waals surface area contributed by atoms with Gasteiger partial charge in [0.1, 0.15) is 5.69 Å². The minimum atomic E-state index is -0.429. The largest absolute Gasteiger partial charge is 0.393 e. The van der Waals surface area contributed by atoms with Gasteiger partial charge in [0.25, 0.3) is 5.69 Å². The molecule has 114 valence electrons. The van der Waals surface area contributed by atoms with Crippen LogP contribution in [0.2, 0.25) is 0 Å². The van der Waals surface area contributed by atoms with Crippen LogP contribution >= 0.6 is 0 Å². The zero-order valence-electron chi connectivity index (χ0n) is 12.2. The van der Waals surface area contributed by atoms with E-state index in [2.05, 4.69) is 10.2 Å². The molecule has 21 heavy (non-hydrogen) atoms. The Morgan fingerprint density at radius 1 is 1.33 bits per heavy atom. The summed E-state index contributed by atoms with van der Waals surface area (Å²) in [7, 11) is 0. The number of nitro groups is 1. The van der Waals surface area contributed by atoms with Crippen molar-refractivity contribution in [1.29, 1.82) is 0 Å². The van der Waals surface area contributed by atoms with E-state index in [0.29, 0.717) is 5.41 Å². The number of hydrogen-bond donors (Lipinski definition) is 2. The molecule has 0 amide bonds. The molecule has 1 aromatic rings. The first-order valence-electron chi connectivity index (χ1n) is 7.59. The molecule has 1 aromatic carbocycles. The Kier molecular flexibility index (Phi) is 3.71. The maximum atomic E-state index is 10.9. The van der Waals surface area contributed by atoms with E-state index in [1.54, 1.807) is 6.07 Å². The van der Waals surface area contributed by atoms with Crippen LogP contribution in [0.15, 0.2) is 18.2 Å². The summed E-state index contributed by atoms with van der Waals surface area (Å²) in [5, 5.41) is 14.4. The van der Waals surface area contributed by atoms with Crippen LogP contribution < -0.4 is 16.0 Å². The highest BCUT2D eigenvalue weighted by atomic mass is 16.6. The smallest absolute Gasteiger partial charge is 0.292 e. The molecule has 2 aliphatic heterocycles. The number of hydrogen-bond acceptors (Lipinski definition) is 5. The van der Waals surface area contributed by atoms with E-state index < -0.39 is 4.92 Å². The molecule has 0 saturated carbocycles. The lowest BCUT2D eigenvalue weighted by molar-refractivity contribution is -0.383. The zero-order valence-corrected chi connectivity index (χ0v) is 12.2. The van der Waals surface area contributed by atoms with Gasteiger partial charge < -0.3 is 16.0 Å². The molecule has 6 nitrogen and oxygen atoms in total. The molecular weight excluding hydrogens is 268 g/mol. The fourth-order valence-corrected chi connectivity index (χ4v) is 3.71. The Balaban J connectivity index is 1.80. The van der Waals surface area contributed by atoms with Crippen LogP contribution in [0, 0.1) is 15.5 Å². The van der Waals surface area contributed by atoms with Gasteiger partial charge in [-0.2, -0.15) is 0 Å². The van der Waals surface area contributed by atoms with Crippen molar-refractivity contribution in [3.63, 3.8) is 0 Å². The lowest BCUT2D eigenvalue weighted by Gasteiger charge is -2.46. The van der Waals surface area contributed by atoms with E-state index in [1.165, 1.54) is 31.7 Å². The Labute approximate surface area is 124 Å². The molecule has 0 aliphatic carbocycles. The molecule has 2 aliphatic rings. The van der Waals surface area contributed by atoms with Crippen LogP contribution in [0.5, 0.6) is 0 Å². The number of nitrogens with one attached hydrogen (secondary N) is 1. The summed E-state index contributed by atoms with van der Waals surface area (Å²) in [6.45, 7) is 4.20. The summed E-state index contributed by atoms with van der Waals surface area (Å²) in [5.74, 6) is 0. The number of rotatable bonds is 2. The van der Waals surface area contributed by atoms with Crippen molar-refractivity contribution in [2.45, 2.75) is 25.7 Å². The summed E-state index contributed by atoms with van der Waals surface area (Å²) < 4.78 is 0. The van der Waals surface area contributed by atoms with Crippen molar-refractivity contribution in [1.82, 2.24) is 5.32 Å². The van der Waals surface area contributed by atoms with E-state index in [9.17, 15) is 10.1 Å². The number of nitro benzene ring substituents is 1. The van der Waals surface area contributed by atoms with Crippen LogP contribution in [0.1, 0.15) is 25.7 Å². The second-order valence-corrected chi connectivity index (χ2v) is 6.31. The van der Waals surface area contributed by atoms with Crippen molar-refractivity contribution in [3.8, 4) is 0 Å². The average molecular weight is 290 g/mol. The molecule has 6 heteroatoms. The van der Waals surface area contributed by atoms with Gasteiger partial charge in [-0.25, -0.2) is 0 Å². The van der Waals surface area contributed by atoms with Gasteiger partial charge in [0, 0.05) is 36.8 Å². The van der Waals surface area contributed by atoms with Gasteiger partial charge in [-0.05, 0) is 44.4 Å². The molecule has 0 aromatic heterocycles. The van der Waals surface area contributed by atoms with E-state index in [-0.39, 0.29) is 11.4 Å². The molecule has 1 spiro atoms. The third-order valence-electron chi connectivity index (χ3n) is 4.80. The average Bonchev–Trinajstić information content (AvgIpc) is 2.47. The predicted molar refractivity (Wildman–Crippen MR) is 83.5 cm³/mol. The van der Waals surface area contributed by atoms with Gasteiger partial charge in [0.05, 0.1) is 4.92 Å². The lowest BCUT2D eigenvalue weighted by Crippen LogP contribution is -2.51. The summed E-state index contributed by atoms with van der Waals surface area (Å²) in [6, 6.07) is 5.09. The number of anilines is 2. The summed E-state index contributed by atoms with van der Waals surface area (Å²) in [5.41, 5.74) is 7.41. The molecule has 1 unspecified atom stereocenters. The molecule has 0 radical (unpaired) electrons. The molecule has 2 saturated heterocycles. The highest BCUT2D eigenvalue weighted by molar-refractivity contribution is 5.66. The molecule has 3 rings (SSSR count). The molecule has 2 heterocycles. The van der Waals surface area contributed by atoms with Crippen LogP contribution in [-0.2, 0) is 0 Å². The van der Waals surface area contributed by atoms with Gasteiger partial charge in [-0.3, -0.25) is 10.1 Å². The minimum Gasteiger partial charge on any atom is -0.393 e. The zero-order chi connectivity index (χ0) is 14.9. The maximum absolute atomic E-state index is 10.9. The molecule has 3 N–H and O–H groups in total. The van der Waals surface area contributed by atoms with Crippen LogP contribution in [-0.4, -0.2) is 31.1 Å². The Morgan fingerprint density at radius 2 is 2.14 bits per heavy atom. The molecule has 2 fully saturated rings. The number of benzene rings is 1. The number of nitrogens with zero attached hydrogens (tertiary/aromatic N) is 2. The second-order valence-electron chi connectivity index (χ2n) is 6.31. The number of nitrogens with two attached hydrogens (primary N) is 1. The Morgan fingerprint density at radius 3 is 2.81 bits per heavy atom. The first-order chi connectivity index (χ1) is 10.1. The van der Waals surface area contributed by atoms with Crippen molar-refractivity contribution in [2.75, 3.05) is 36.8 Å². The first-order valence-corrected chi connectivity index (χ1v) is 7.59. The van der Waals surface area contributed by atoms with Gasteiger partial charge >= 0.3 is 0 Å². The van der Waals surface area contributed by atoms with E-state index in [0.717, 1.165) is 31.9 Å². The van der Waals surface area contributed by atoms with Crippen LogP contribution in [0.25, 0.3) is 0 Å². The molecular formula is C15H22N4O2. The van der Waals surface area contributed by atoms with Gasteiger partial charge in [-0.15, -0.1) is 0 Å². The summed E-state index contributed by atoms with van der Waals surface area (Å²) >= 11 is 0. The van der Waals surface area contributed by atoms with E-state index in [1.807, 2.05) is 6.07 Å². The Bertz CT molecular complexity index is 535. The normalized spacial score (nSPS) is 26.0. The summed E-state index contributed by atoms with van der Waals surface area (Å²) in [4.78, 5) is 12.8. The Hall–Kier alpha value is -1.82. The van der Waals surface area contributed by atoms with Crippen molar-refractivity contribution >= 4 is 17.1 Å². The van der Waals surface area contributed by atoms with Crippen molar-refractivity contribution in [2.24, 2.45) is 5.41 Å². The van der Waals surface area contributed by atoms with Crippen molar-refractivity contribution < 1.29 is 4.92 Å². The SMILES string of the molecule is Nc1cc(N2CCCC3(CCCNC3)C2)ccc1[N+](=O)[O-]. The van der Waals surface area contributed by atoms with E-state index >= 15 is 0 Å². The highest BCUT2D eigenvalue weighted by Gasteiger charge is 2.36. The molecule has 0 bridgehead atoms. The van der Waals surface area contributed by atoms with Crippen molar-refractivity contribution in [3.05, 3.63) is 28.3 Å². The monoisotopic (exact) mass is 290 g/mol. The third-order valence-corrected chi connectivity index (χ3v) is 4.80. The predicted octanol–water partition coefficient (Wildman–Crippen LogP) is 2.15. The number of piperidine rings is 2. The third kappa shape index (κ3) is 2.81. The van der Waals surface area contributed by atoms with Gasteiger partial charge in [0.15, 0.2) is 0 Å². The van der Waals surface area contributed by atoms with Gasteiger partial charge in [-0.1, -0.05) is 0 Å². The topological polar surface area (TPSA) is 84.4 Å². The molecule has 1 atom stereocenters. The standard InChI is InChI=1S/C15H22N4O2/c16-13-9-12(3-4-14(13)19(20)21)18-8-2-6-15(11-18)5-1-7-17-10-15/h3-4,9,17H,1-2,5-8,10-11,16H2. The lowest BCUT2D eigenvalue weighted by atomic mass is 9.74. The van der Waals surface area contributed by atoms with Crippen LogP contribution in [0.4, 0.5) is 17.1 Å². The van der Waals surface area contributed by atoms with E-state index in [4.69, 9.17) is 5.73 Å².